The molecule has 0 unspecified atom stereocenters. The lowest BCUT2D eigenvalue weighted by Gasteiger charge is -2.53. The lowest BCUT2D eigenvalue weighted by Crippen LogP contribution is -2.60. The molecule has 0 aromatic carbocycles. The molecule has 5 rings (SSSR count). The van der Waals surface area contributed by atoms with Crippen molar-refractivity contribution in [2.75, 3.05) is 0 Å². The molecule has 26 heavy (non-hydrogen) atoms. The molecule has 2 bridgehead atoms. The highest BCUT2D eigenvalue weighted by molar-refractivity contribution is 5.85. The van der Waals surface area contributed by atoms with E-state index < -0.39 is 35.1 Å². The van der Waals surface area contributed by atoms with Gasteiger partial charge in [0.1, 0.15) is 6.10 Å². The Bertz CT molecular complexity index is 758. The lowest BCUT2D eigenvalue weighted by atomic mass is 9.49. The van der Waals surface area contributed by atoms with E-state index in [-0.39, 0.29) is 30.3 Å². The number of aliphatic carboxylic acids is 1. The van der Waals surface area contributed by atoms with Crippen molar-refractivity contribution >= 4 is 11.9 Å². The maximum atomic E-state index is 12.9. The summed E-state index contributed by atoms with van der Waals surface area (Å²) in [7, 11) is 0. The van der Waals surface area contributed by atoms with Crippen molar-refractivity contribution in [2.24, 2.45) is 23.2 Å². The van der Waals surface area contributed by atoms with Crippen molar-refractivity contribution in [3.63, 3.8) is 0 Å². The minimum absolute atomic E-state index is 0.144. The first-order chi connectivity index (χ1) is 12.4. The Kier molecular flexibility index (Phi) is 3.20. The molecule has 1 aromatic heterocycles. The highest BCUT2D eigenvalue weighted by Gasteiger charge is 2.76. The number of aliphatic hydroxyl groups is 1. The third-order valence-electron chi connectivity index (χ3n) is 7.41. The van der Waals surface area contributed by atoms with E-state index in [9.17, 15) is 19.8 Å². The molecule has 1 aromatic rings. The molecule has 2 aliphatic heterocycles. The maximum absolute atomic E-state index is 12.9. The number of carbonyl (C=O) groups is 2. The summed E-state index contributed by atoms with van der Waals surface area (Å²) in [5.74, 6) is -2.45. The normalized spacial score (nSPS) is 49.4. The van der Waals surface area contributed by atoms with Crippen molar-refractivity contribution < 1.29 is 33.7 Å². The van der Waals surface area contributed by atoms with E-state index in [0.29, 0.717) is 19.3 Å². The topological polar surface area (TPSA) is 106 Å². The van der Waals surface area contributed by atoms with Crippen molar-refractivity contribution in [3.8, 4) is 0 Å². The quantitative estimate of drug-likeness (QED) is 0.774. The van der Waals surface area contributed by atoms with Gasteiger partial charge in [-0.15, -0.1) is 0 Å². The van der Waals surface area contributed by atoms with Crippen LogP contribution in [0.3, 0.4) is 0 Å². The summed E-state index contributed by atoms with van der Waals surface area (Å²) < 4.78 is 17.2. The Hall–Kier alpha value is -1.86. The van der Waals surface area contributed by atoms with E-state index in [1.807, 2.05) is 13.0 Å². The molecule has 4 aliphatic rings. The number of furan rings is 1. The lowest BCUT2D eigenvalue weighted by molar-refractivity contribution is -0.174. The summed E-state index contributed by atoms with van der Waals surface area (Å²) in [6, 6.07) is 1.83. The average Bonchev–Trinajstić information content (AvgIpc) is 3.27. The van der Waals surface area contributed by atoms with Gasteiger partial charge in [0, 0.05) is 23.3 Å². The van der Waals surface area contributed by atoms with Gasteiger partial charge >= 0.3 is 11.9 Å². The molecule has 3 heterocycles. The van der Waals surface area contributed by atoms with Gasteiger partial charge in [-0.3, -0.25) is 4.79 Å². The molecular weight excluding hydrogens is 340 g/mol. The Morgan fingerprint density at radius 3 is 2.81 bits per heavy atom. The summed E-state index contributed by atoms with van der Waals surface area (Å²) in [5.41, 5.74) is -0.784. The monoisotopic (exact) mass is 362 g/mol. The second-order valence-corrected chi connectivity index (χ2v) is 8.51. The number of rotatable bonds is 2. The molecule has 2 saturated heterocycles. The molecule has 140 valence electrons. The molecule has 2 aliphatic carbocycles. The Morgan fingerprint density at radius 2 is 2.12 bits per heavy atom. The summed E-state index contributed by atoms with van der Waals surface area (Å²) >= 11 is 0. The van der Waals surface area contributed by atoms with Gasteiger partial charge in [0.05, 0.1) is 30.7 Å². The average molecular weight is 362 g/mol. The highest BCUT2D eigenvalue weighted by Crippen LogP contribution is 2.68. The van der Waals surface area contributed by atoms with Crippen LogP contribution in [0.15, 0.2) is 23.0 Å². The molecule has 0 radical (unpaired) electrons. The minimum Gasteiger partial charge on any atom is -0.481 e. The second kappa shape index (κ2) is 5.10. The summed E-state index contributed by atoms with van der Waals surface area (Å²) in [5, 5.41) is 20.1. The molecule has 0 amide bonds. The summed E-state index contributed by atoms with van der Waals surface area (Å²) in [6.07, 6.45) is 3.39. The first-order valence-corrected chi connectivity index (χ1v) is 9.17. The van der Waals surface area contributed by atoms with Crippen LogP contribution in [0.25, 0.3) is 0 Å². The van der Waals surface area contributed by atoms with Gasteiger partial charge in [-0.1, -0.05) is 6.92 Å². The zero-order valence-electron chi connectivity index (χ0n) is 14.5. The van der Waals surface area contributed by atoms with Crippen LogP contribution in [0.5, 0.6) is 0 Å². The number of carboxylic acid groups (broad SMARTS) is 1. The zero-order valence-corrected chi connectivity index (χ0v) is 14.5. The Labute approximate surface area is 150 Å². The Morgan fingerprint density at radius 1 is 1.31 bits per heavy atom. The van der Waals surface area contributed by atoms with E-state index in [1.165, 1.54) is 0 Å². The third-order valence-corrected chi connectivity index (χ3v) is 7.41. The van der Waals surface area contributed by atoms with Crippen molar-refractivity contribution in [2.45, 2.75) is 56.5 Å². The molecule has 4 fully saturated rings. The molecule has 2 N–H and O–H groups in total. The fourth-order valence-corrected chi connectivity index (χ4v) is 6.23. The fourth-order valence-electron chi connectivity index (χ4n) is 6.23. The predicted octanol–water partition coefficient (Wildman–Crippen LogP) is 1.90. The van der Waals surface area contributed by atoms with Crippen LogP contribution in [0.1, 0.15) is 44.3 Å². The van der Waals surface area contributed by atoms with Gasteiger partial charge in [-0.05, 0) is 31.2 Å². The predicted molar refractivity (Wildman–Crippen MR) is 85.8 cm³/mol. The van der Waals surface area contributed by atoms with Gasteiger partial charge in [-0.2, -0.15) is 0 Å². The highest BCUT2D eigenvalue weighted by atomic mass is 16.6. The smallest absolute Gasteiger partial charge is 0.339 e. The number of hydrogen-bond donors (Lipinski definition) is 2. The molecular formula is C19H22O7. The van der Waals surface area contributed by atoms with E-state index >= 15 is 0 Å². The summed E-state index contributed by atoms with van der Waals surface area (Å²) in [4.78, 5) is 24.8. The van der Waals surface area contributed by atoms with Crippen molar-refractivity contribution in [3.05, 3.63) is 24.2 Å². The number of carbonyl (C=O) groups excluding carboxylic acids is 1. The third kappa shape index (κ3) is 1.85. The van der Waals surface area contributed by atoms with Crippen LogP contribution in [-0.2, 0) is 19.1 Å². The molecule has 8 atom stereocenters. The number of aliphatic hydroxyl groups excluding tert-OH is 1. The minimum atomic E-state index is -1.07. The van der Waals surface area contributed by atoms with Gasteiger partial charge in [0.2, 0.25) is 0 Å². The summed E-state index contributed by atoms with van der Waals surface area (Å²) in [6.45, 7) is 2.00. The number of hydrogen-bond acceptors (Lipinski definition) is 6. The fraction of sp³-hybridized carbons (Fsp3) is 0.684. The van der Waals surface area contributed by atoms with E-state index in [0.717, 1.165) is 5.56 Å². The number of carboxylic acids is 1. The van der Waals surface area contributed by atoms with Gasteiger partial charge in [-0.25, -0.2) is 4.79 Å². The van der Waals surface area contributed by atoms with E-state index in [4.69, 9.17) is 13.9 Å². The second-order valence-electron chi connectivity index (χ2n) is 8.51. The standard InChI is InChI=1S/C19H22O7/c1-18-6-13(9-2-3-24-8-9)26-19(18)7-14(25-17(19)23)15-11(16(21)22)4-10(20)5-12(15)18/h2-3,8,10-15,20H,4-7H2,1H3,(H,21,22)/t10-,11+,12+,13+,14-,15+,18-,19+/m0/s1. The maximum Gasteiger partial charge on any atom is 0.339 e. The largest absolute Gasteiger partial charge is 0.481 e. The first kappa shape index (κ1) is 16.3. The van der Waals surface area contributed by atoms with E-state index in [1.54, 1.807) is 12.5 Å². The van der Waals surface area contributed by atoms with Crippen LogP contribution in [-0.4, -0.2) is 40.0 Å². The zero-order chi connectivity index (χ0) is 18.3. The van der Waals surface area contributed by atoms with Crippen LogP contribution >= 0.6 is 0 Å². The molecule has 2 saturated carbocycles. The number of ether oxygens (including phenoxy) is 2. The van der Waals surface area contributed by atoms with Gasteiger partial charge in [0.25, 0.3) is 0 Å². The van der Waals surface area contributed by atoms with Gasteiger partial charge < -0.3 is 24.1 Å². The number of fused-ring (bicyclic) bond motifs is 4. The van der Waals surface area contributed by atoms with Crippen molar-refractivity contribution in [1.82, 2.24) is 0 Å². The molecule has 1 spiro atoms. The molecule has 7 heteroatoms. The van der Waals surface area contributed by atoms with E-state index in [2.05, 4.69) is 0 Å². The first-order valence-electron chi connectivity index (χ1n) is 9.17. The van der Waals surface area contributed by atoms with Crippen LogP contribution in [0.4, 0.5) is 0 Å². The van der Waals surface area contributed by atoms with Crippen LogP contribution in [0.2, 0.25) is 0 Å². The van der Waals surface area contributed by atoms with Crippen LogP contribution < -0.4 is 0 Å². The molecule has 7 nitrogen and oxygen atoms in total. The Balaban J connectivity index is 1.61. The van der Waals surface area contributed by atoms with Crippen molar-refractivity contribution in [1.29, 1.82) is 0 Å². The van der Waals surface area contributed by atoms with Gasteiger partial charge in [0.15, 0.2) is 5.60 Å². The SMILES string of the molecule is C[C@@]12C[C@H](c3ccoc3)O[C@@]13C[C@H](OC3=O)[C@H]1[C@H]2C[C@@H](O)C[C@H]1C(=O)O. The van der Waals surface area contributed by atoms with Crippen LogP contribution in [0, 0.1) is 23.2 Å². The number of esters is 1.